The summed E-state index contributed by atoms with van der Waals surface area (Å²) in [5, 5.41) is 19.3. The van der Waals surface area contributed by atoms with Gasteiger partial charge in [0.15, 0.2) is 0 Å². The predicted molar refractivity (Wildman–Crippen MR) is 185 cm³/mol. The molecule has 7 heteroatoms. The highest BCUT2D eigenvalue weighted by Gasteiger charge is 2.27. The Hall–Kier alpha value is -5.21. The third-order valence-electron chi connectivity index (χ3n) is 7.76. The summed E-state index contributed by atoms with van der Waals surface area (Å²) in [5.74, 6) is 0.969. The van der Waals surface area contributed by atoms with Gasteiger partial charge in [-0.3, -0.25) is 0 Å². The molecule has 0 atom stereocenters. The Morgan fingerprint density at radius 2 is 0.681 bits per heavy atom. The molecular formula is C40H34O6S. The number of rotatable bonds is 12. The molecule has 6 rings (SSSR count). The molecule has 0 aliphatic rings. The Morgan fingerprint density at radius 3 is 0.915 bits per heavy atom. The van der Waals surface area contributed by atoms with Crippen LogP contribution in [0.15, 0.2) is 155 Å². The molecule has 0 saturated heterocycles. The number of hydrogen-bond donors (Lipinski definition) is 2. The standard InChI is InChI=1S/C40H34O6S/c41-21-23-45-39-35(29-13-5-1-6-14-29)25-33(26-36(39)30-15-7-2-8-16-30)47(43,44)34-27-37(31-17-9-3-10-18-31)40(46-24-22-42)38(28-34)32-19-11-4-12-20-32/h1-20,25-28,41-42H,21-24H2. The Balaban J connectivity index is 1.64. The van der Waals surface area contributed by atoms with Gasteiger partial charge in [0.1, 0.15) is 24.7 Å². The summed E-state index contributed by atoms with van der Waals surface area (Å²) in [7, 11) is -4.15. The summed E-state index contributed by atoms with van der Waals surface area (Å²) in [4.78, 5) is 0.183. The summed E-state index contributed by atoms with van der Waals surface area (Å²) >= 11 is 0. The minimum Gasteiger partial charge on any atom is -0.490 e. The van der Waals surface area contributed by atoms with E-state index >= 15 is 0 Å². The Kier molecular flexibility index (Phi) is 9.78. The Bertz CT molecular complexity index is 1780. The molecular weight excluding hydrogens is 609 g/mol. The lowest BCUT2D eigenvalue weighted by Crippen LogP contribution is -2.09. The summed E-state index contributed by atoms with van der Waals surface area (Å²) in [5.41, 5.74) is 5.47. The maximum atomic E-state index is 14.9. The maximum Gasteiger partial charge on any atom is 0.206 e. The van der Waals surface area contributed by atoms with Crippen molar-refractivity contribution in [2.45, 2.75) is 9.79 Å². The van der Waals surface area contributed by atoms with Crippen LogP contribution in [0.1, 0.15) is 0 Å². The van der Waals surface area contributed by atoms with Gasteiger partial charge < -0.3 is 19.7 Å². The van der Waals surface area contributed by atoms with Crippen LogP contribution in [0.5, 0.6) is 11.5 Å². The molecule has 0 aliphatic heterocycles. The van der Waals surface area contributed by atoms with Crippen molar-refractivity contribution in [1.82, 2.24) is 0 Å². The van der Waals surface area contributed by atoms with Crippen molar-refractivity contribution < 1.29 is 28.1 Å². The predicted octanol–water partition coefficient (Wildman–Crippen LogP) is 7.93. The number of sulfone groups is 1. The van der Waals surface area contributed by atoms with Gasteiger partial charge >= 0.3 is 0 Å². The fourth-order valence-corrected chi connectivity index (χ4v) is 6.95. The quantitative estimate of drug-likeness (QED) is 0.141. The molecule has 47 heavy (non-hydrogen) atoms. The van der Waals surface area contributed by atoms with Crippen LogP contribution >= 0.6 is 0 Å². The highest BCUT2D eigenvalue weighted by molar-refractivity contribution is 7.91. The third kappa shape index (κ3) is 6.83. The van der Waals surface area contributed by atoms with E-state index in [9.17, 15) is 18.6 Å². The van der Waals surface area contributed by atoms with Gasteiger partial charge in [0.05, 0.1) is 23.0 Å². The largest absolute Gasteiger partial charge is 0.490 e. The average molecular weight is 643 g/mol. The SMILES string of the molecule is O=S(=O)(c1cc(-c2ccccc2)c(OCCO)c(-c2ccccc2)c1)c1cc(-c2ccccc2)c(OCCO)c(-c2ccccc2)c1. The van der Waals surface area contributed by atoms with Gasteiger partial charge in [-0.05, 0) is 46.5 Å². The average Bonchev–Trinajstić information content (AvgIpc) is 3.13. The topological polar surface area (TPSA) is 93.1 Å². The first-order valence-electron chi connectivity index (χ1n) is 15.3. The second kappa shape index (κ2) is 14.5. The highest BCUT2D eigenvalue weighted by Crippen LogP contribution is 2.45. The van der Waals surface area contributed by atoms with E-state index in [1.54, 1.807) is 24.3 Å². The van der Waals surface area contributed by atoms with Crippen molar-refractivity contribution in [3.8, 4) is 56.0 Å². The van der Waals surface area contributed by atoms with E-state index in [1.165, 1.54) is 0 Å². The van der Waals surface area contributed by atoms with Crippen LogP contribution in [0.2, 0.25) is 0 Å². The molecule has 0 bridgehead atoms. The molecule has 0 spiro atoms. The molecule has 236 valence electrons. The zero-order valence-corrected chi connectivity index (χ0v) is 26.4. The lowest BCUT2D eigenvalue weighted by atomic mass is 9.97. The van der Waals surface area contributed by atoms with Gasteiger partial charge in [-0.15, -0.1) is 0 Å². The lowest BCUT2D eigenvalue weighted by Gasteiger charge is -2.20. The smallest absolute Gasteiger partial charge is 0.206 e. The van der Waals surface area contributed by atoms with E-state index in [2.05, 4.69) is 0 Å². The molecule has 0 unspecified atom stereocenters. The molecule has 0 radical (unpaired) electrons. The second-order valence-electron chi connectivity index (χ2n) is 10.8. The second-order valence-corrected chi connectivity index (χ2v) is 12.8. The van der Waals surface area contributed by atoms with Gasteiger partial charge in [0, 0.05) is 22.3 Å². The van der Waals surface area contributed by atoms with Crippen molar-refractivity contribution in [1.29, 1.82) is 0 Å². The number of hydrogen-bond acceptors (Lipinski definition) is 6. The first-order valence-corrected chi connectivity index (χ1v) is 16.8. The molecule has 6 nitrogen and oxygen atoms in total. The van der Waals surface area contributed by atoms with Crippen molar-refractivity contribution in [2.75, 3.05) is 26.4 Å². The van der Waals surface area contributed by atoms with Gasteiger partial charge in [-0.25, -0.2) is 8.42 Å². The molecule has 6 aromatic rings. The molecule has 0 heterocycles. The molecule has 0 amide bonds. The van der Waals surface area contributed by atoms with Gasteiger partial charge in [0.2, 0.25) is 9.84 Å². The van der Waals surface area contributed by atoms with Crippen molar-refractivity contribution in [3.63, 3.8) is 0 Å². The minimum absolute atomic E-state index is 0.0436. The van der Waals surface area contributed by atoms with E-state index in [0.717, 1.165) is 22.3 Å². The first-order chi connectivity index (χ1) is 23.0. The van der Waals surface area contributed by atoms with Crippen LogP contribution in [0, 0.1) is 0 Å². The van der Waals surface area contributed by atoms with Crippen LogP contribution in [-0.4, -0.2) is 45.1 Å². The molecule has 0 saturated carbocycles. The Labute approximate surface area is 275 Å². The van der Waals surface area contributed by atoms with Gasteiger partial charge in [-0.1, -0.05) is 121 Å². The fourth-order valence-electron chi connectivity index (χ4n) is 5.59. The lowest BCUT2D eigenvalue weighted by molar-refractivity contribution is 0.202. The van der Waals surface area contributed by atoms with Crippen molar-refractivity contribution in [2.24, 2.45) is 0 Å². The van der Waals surface area contributed by atoms with E-state index < -0.39 is 9.84 Å². The monoisotopic (exact) mass is 642 g/mol. The normalized spacial score (nSPS) is 11.3. The van der Waals surface area contributed by atoms with Gasteiger partial charge in [0.25, 0.3) is 0 Å². The van der Waals surface area contributed by atoms with Crippen LogP contribution in [-0.2, 0) is 9.84 Å². The fraction of sp³-hybridized carbons (Fsp3) is 0.100. The first kappa shape index (κ1) is 31.8. The number of benzene rings is 6. The molecule has 2 N–H and O–H groups in total. The summed E-state index contributed by atoms with van der Waals surface area (Å²) in [6, 6.07) is 44.5. The molecule has 0 fully saturated rings. The number of aliphatic hydroxyl groups is 2. The summed E-state index contributed by atoms with van der Waals surface area (Å²) in [6.07, 6.45) is 0. The highest BCUT2D eigenvalue weighted by atomic mass is 32.2. The van der Waals surface area contributed by atoms with Crippen LogP contribution in [0.25, 0.3) is 44.5 Å². The van der Waals surface area contributed by atoms with Crippen molar-refractivity contribution in [3.05, 3.63) is 146 Å². The van der Waals surface area contributed by atoms with E-state index in [0.29, 0.717) is 33.8 Å². The Morgan fingerprint density at radius 1 is 0.426 bits per heavy atom. The summed E-state index contributed by atoms with van der Waals surface area (Å²) < 4.78 is 42.0. The van der Waals surface area contributed by atoms with Crippen LogP contribution < -0.4 is 9.47 Å². The van der Waals surface area contributed by atoms with Crippen LogP contribution in [0.3, 0.4) is 0 Å². The zero-order valence-electron chi connectivity index (χ0n) is 25.6. The molecule has 0 aromatic heterocycles. The number of ether oxygens (including phenoxy) is 2. The van der Waals surface area contributed by atoms with E-state index in [-0.39, 0.29) is 36.2 Å². The molecule has 0 aliphatic carbocycles. The third-order valence-corrected chi connectivity index (χ3v) is 9.47. The number of aliphatic hydroxyl groups excluding tert-OH is 2. The zero-order chi connectivity index (χ0) is 32.6. The van der Waals surface area contributed by atoms with Crippen molar-refractivity contribution >= 4 is 9.84 Å². The molecule has 6 aromatic carbocycles. The minimum atomic E-state index is -4.15. The maximum absolute atomic E-state index is 14.9. The van der Waals surface area contributed by atoms with E-state index in [4.69, 9.17) is 9.47 Å². The summed E-state index contributed by atoms with van der Waals surface area (Å²) in [6.45, 7) is -0.306. The van der Waals surface area contributed by atoms with Crippen LogP contribution in [0.4, 0.5) is 0 Å². The van der Waals surface area contributed by atoms with E-state index in [1.807, 2.05) is 121 Å². The van der Waals surface area contributed by atoms with Gasteiger partial charge in [-0.2, -0.15) is 0 Å².